The van der Waals surface area contributed by atoms with Crippen LogP contribution in [0.2, 0.25) is 0 Å². The first-order chi connectivity index (χ1) is 14.5. The number of hydrogen-bond acceptors (Lipinski definition) is 4. The summed E-state index contributed by atoms with van der Waals surface area (Å²) in [5, 5.41) is 23.1. The lowest BCUT2D eigenvalue weighted by atomic mass is 9.96. The molecule has 0 saturated carbocycles. The van der Waals surface area contributed by atoms with E-state index in [1.807, 2.05) is 48.5 Å². The Morgan fingerprint density at radius 3 is 2.37 bits per heavy atom. The van der Waals surface area contributed by atoms with E-state index in [2.05, 4.69) is 29.0 Å². The van der Waals surface area contributed by atoms with Gasteiger partial charge < -0.3 is 10.4 Å². The Labute approximate surface area is 177 Å². The summed E-state index contributed by atoms with van der Waals surface area (Å²) in [5.74, 6) is -0.219. The van der Waals surface area contributed by atoms with E-state index in [-0.39, 0.29) is 11.9 Å². The molecule has 0 bridgehead atoms. The Kier molecular flexibility index (Phi) is 7.36. The molecule has 2 N–H and O–H groups in total. The molecule has 0 radical (unpaired) electrons. The zero-order valence-corrected chi connectivity index (χ0v) is 17.7. The number of unbranched alkanes of at least 4 members (excludes halogenated alkanes) is 2. The molecule has 30 heavy (non-hydrogen) atoms. The number of aromatic nitrogens is 3. The van der Waals surface area contributed by atoms with Crippen molar-refractivity contribution in [1.29, 1.82) is 0 Å². The minimum Gasteiger partial charge on any atom is -0.391 e. The van der Waals surface area contributed by atoms with Crippen molar-refractivity contribution in [3.05, 3.63) is 66.2 Å². The molecule has 6 nitrogen and oxygen atoms in total. The lowest BCUT2D eigenvalue weighted by Crippen LogP contribution is -2.44. The molecule has 0 spiro atoms. The zero-order valence-electron chi connectivity index (χ0n) is 17.7. The number of nitrogens with one attached hydrogen (secondary N) is 1. The summed E-state index contributed by atoms with van der Waals surface area (Å²) in [6.07, 6.45) is 3.48. The fraction of sp³-hybridized carbons (Fsp3) is 0.375. The third-order valence-electron chi connectivity index (χ3n) is 5.21. The Bertz CT molecular complexity index is 978. The lowest BCUT2D eigenvalue weighted by Gasteiger charge is -2.25. The highest BCUT2D eigenvalue weighted by molar-refractivity contribution is 5.92. The zero-order chi connectivity index (χ0) is 21.5. The standard InChI is InChI=1S/C24H30N4O2/c1-4-5-6-14-21(25-24(30)17(2)3)23(29)16-18-11-7-10-15-22(18)28-26-19-12-8-9-13-20(19)27-28/h7-13,15,21,23,29H,2,4-6,14,16H2,1,3H3,(H,25,30). The van der Waals surface area contributed by atoms with Crippen LogP contribution in [-0.4, -0.2) is 38.2 Å². The molecule has 2 aromatic carbocycles. The van der Waals surface area contributed by atoms with Crippen LogP contribution in [0.1, 0.15) is 45.1 Å². The largest absolute Gasteiger partial charge is 0.391 e. The van der Waals surface area contributed by atoms with Gasteiger partial charge >= 0.3 is 0 Å². The van der Waals surface area contributed by atoms with Crippen LogP contribution in [0.4, 0.5) is 0 Å². The highest BCUT2D eigenvalue weighted by Crippen LogP contribution is 2.20. The average Bonchev–Trinajstić information content (AvgIpc) is 3.17. The first-order valence-electron chi connectivity index (χ1n) is 10.5. The Morgan fingerprint density at radius 1 is 1.10 bits per heavy atom. The van der Waals surface area contributed by atoms with Crippen molar-refractivity contribution in [3.8, 4) is 5.69 Å². The summed E-state index contributed by atoms with van der Waals surface area (Å²) in [4.78, 5) is 13.8. The first kappa shape index (κ1) is 21.7. The van der Waals surface area contributed by atoms with Gasteiger partial charge in [0.15, 0.2) is 0 Å². The van der Waals surface area contributed by atoms with Crippen LogP contribution >= 0.6 is 0 Å². The first-order valence-corrected chi connectivity index (χ1v) is 10.5. The van der Waals surface area contributed by atoms with E-state index < -0.39 is 6.10 Å². The molecule has 0 aliphatic carbocycles. The molecule has 0 saturated heterocycles. The maximum Gasteiger partial charge on any atom is 0.246 e. The van der Waals surface area contributed by atoms with Crippen molar-refractivity contribution in [2.45, 2.75) is 58.1 Å². The second kappa shape index (κ2) is 10.2. The van der Waals surface area contributed by atoms with E-state index in [1.54, 1.807) is 11.7 Å². The van der Waals surface area contributed by atoms with Gasteiger partial charge in [0.2, 0.25) is 5.91 Å². The van der Waals surface area contributed by atoms with Crippen molar-refractivity contribution < 1.29 is 9.90 Å². The second-order valence-electron chi connectivity index (χ2n) is 7.73. The number of aliphatic hydroxyl groups is 1. The van der Waals surface area contributed by atoms with E-state index in [0.29, 0.717) is 12.0 Å². The molecule has 0 fully saturated rings. The van der Waals surface area contributed by atoms with Crippen molar-refractivity contribution in [3.63, 3.8) is 0 Å². The molecule has 1 amide bonds. The lowest BCUT2D eigenvalue weighted by molar-refractivity contribution is -0.119. The molecule has 158 valence electrons. The number of hydrogen-bond donors (Lipinski definition) is 2. The highest BCUT2D eigenvalue weighted by atomic mass is 16.3. The number of nitrogens with zero attached hydrogens (tertiary/aromatic N) is 3. The highest BCUT2D eigenvalue weighted by Gasteiger charge is 2.23. The summed E-state index contributed by atoms with van der Waals surface area (Å²) in [6.45, 7) is 7.52. The Hall–Kier alpha value is -2.99. The molecule has 2 atom stereocenters. The van der Waals surface area contributed by atoms with Crippen LogP contribution in [0.3, 0.4) is 0 Å². The van der Waals surface area contributed by atoms with Crippen LogP contribution in [0.25, 0.3) is 16.7 Å². The van der Waals surface area contributed by atoms with Crippen molar-refractivity contribution in [2.24, 2.45) is 0 Å². The number of benzene rings is 2. The van der Waals surface area contributed by atoms with Crippen LogP contribution in [-0.2, 0) is 11.2 Å². The van der Waals surface area contributed by atoms with Crippen LogP contribution < -0.4 is 5.32 Å². The summed E-state index contributed by atoms with van der Waals surface area (Å²) in [6, 6.07) is 15.2. The SMILES string of the molecule is C=C(C)C(=O)NC(CCCCC)C(O)Cc1ccccc1-n1nc2ccccc2n1. The number of para-hydroxylation sites is 1. The molecule has 1 aromatic heterocycles. The van der Waals surface area contributed by atoms with Gasteiger partial charge in [0.05, 0.1) is 17.8 Å². The number of carbonyl (C=O) groups excluding carboxylic acids is 1. The number of amides is 1. The molecule has 1 heterocycles. The molecule has 0 aliphatic rings. The van der Waals surface area contributed by atoms with Gasteiger partial charge in [-0.15, -0.1) is 10.2 Å². The smallest absolute Gasteiger partial charge is 0.246 e. The monoisotopic (exact) mass is 406 g/mol. The molecular formula is C24H30N4O2. The fourth-order valence-electron chi connectivity index (χ4n) is 3.48. The molecular weight excluding hydrogens is 376 g/mol. The summed E-state index contributed by atoms with van der Waals surface area (Å²) < 4.78 is 0. The number of rotatable bonds is 10. The number of fused-ring (bicyclic) bond motifs is 1. The van der Waals surface area contributed by atoms with Crippen molar-refractivity contribution in [2.75, 3.05) is 0 Å². The molecule has 3 aromatic rings. The van der Waals surface area contributed by atoms with Gasteiger partial charge in [0.1, 0.15) is 11.0 Å². The van der Waals surface area contributed by atoms with Gasteiger partial charge in [-0.2, -0.15) is 4.80 Å². The van der Waals surface area contributed by atoms with Crippen LogP contribution in [0, 0.1) is 0 Å². The number of carbonyl (C=O) groups is 1. The topological polar surface area (TPSA) is 80.0 Å². The van der Waals surface area contributed by atoms with E-state index in [9.17, 15) is 9.90 Å². The Balaban J connectivity index is 1.82. The van der Waals surface area contributed by atoms with E-state index >= 15 is 0 Å². The van der Waals surface area contributed by atoms with Gasteiger partial charge in [-0.05, 0) is 37.1 Å². The van der Waals surface area contributed by atoms with Gasteiger partial charge in [-0.25, -0.2) is 0 Å². The van der Waals surface area contributed by atoms with E-state index in [4.69, 9.17) is 0 Å². The van der Waals surface area contributed by atoms with E-state index in [0.717, 1.165) is 48.0 Å². The predicted octanol–water partition coefficient (Wildman–Crippen LogP) is 3.97. The maximum absolute atomic E-state index is 12.2. The molecule has 2 unspecified atom stereocenters. The minimum atomic E-state index is -0.726. The molecule has 3 rings (SSSR count). The van der Waals surface area contributed by atoms with Gasteiger partial charge in [0.25, 0.3) is 0 Å². The summed E-state index contributed by atoms with van der Waals surface area (Å²) in [5.41, 5.74) is 3.83. The maximum atomic E-state index is 12.2. The predicted molar refractivity (Wildman–Crippen MR) is 119 cm³/mol. The van der Waals surface area contributed by atoms with Crippen molar-refractivity contribution >= 4 is 16.9 Å². The minimum absolute atomic E-state index is 0.219. The quantitative estimate of drug-likeness (QED) is 0.394. The van der Waals surface area contributed by atoms with Crippen LogP contribution in [0.15, 0.2) is 60.7 Å². The fourth-order valence-corrected chi connectivity index (χ4v) is 3.48. The summed E-state index contributed by atoms with van der Waals surface area (Å²) in [7, 11) is 0. The molecule has 0 aliphatic heterocycles. The van der Waals surface area contributed by atoms with Gasteiger partial charge in [-0.1, -0.05) is 63.1 Å². The average molecular weight is 407 g/mol. The van der Waals surface area contributed by atoms with Gasteiger partial charge in [-0.3, -0.25) is 4.79 Å². The van der Waals surface area contributed by atoms with Gasteiger partial charge in [0, 0.05) is 12.0 Å². The van der Waals surface area contributed by atoms with Crippen LogP contribution in [0.5, 0.6) is 0 Å². The summed E-state index contributed by atoms with van der Waals surface area (Å²) >= 11 is 0. The normalized spacial score (nSPS) is 13.2. The second-order valence-corrected chi connectivity index (χ2v) is 7.73. The third kappa shape index (κ3) is 5.33. The van der Waals surface area contributed by atoms with Crippen molar-refractivity contribution in [1.82, 2.24) is 20.3 Å². The third-order valence-corrected chi connectivity index (χ3v) is 5.21. The molecule has 6 heteroatoms. The Morgan fingerprint density at radius 2 is 1.73 bits per heavy atom. The number of aliphatic hydroxyl groups excluding tert-OH is 1. The van der Waals surface area contributed by atoms with E-state index in [1.165, 1.54) is 0 Å².